The van der Waals surface area contributed by atoms with Crippen LogP contribution < -0.4 is 5.43 Å². The molecule has 0 saturated heterocycles. The molecular formula is C20H26N4O5. The third-order valence-electron chi connectivity index (χ3n) is 4.53. The van der Waals surface area contributed by atoms with Crippen molar-refractivity contribution in [3.63, 3.8) is 0 Å². The Labute approximate surface area is 168 Å². The van der Waals surface area contributed by atoms with E-state index >= 15 is 0 Å². The number of nitrogens with zero attached hydrogens (tertiary/aromatic N) is 2. The number of carbonyl (C=O) groups excluding carboxylic acids is 1. The SMILES string of the molecule is Cc1[nH]c(/C=C2/C(=O)NN=C2C2CC2)c(C)c1CN(C)C.O=C(O)/C=C\C(=O)O. The number of rotatable bonds is 6. The number of hydrogen-bond acceptors (Lipinski definition) is 5. The number of aromatic nitrogens is 1. The van der Waals surface area contributed by atoms with Crippen molar-refractivity contribution in [1.82, 2.24) is 15.3 Å². The van der Waals surface area contributed by atoms with Gasteiger partial charge in [0.05, 0.1) is 11.3 Å². The van der Waals surface area contributed by atoms with Crippen LogP contribution in [0, 0.1) is 19.8 Å². The van der Waals surface area contributed by atoms with Crippen molar-refractivity contribution in [2.45, 2.75) is 33.2 Å². The summed E-state index contributed by atoms with van der Waals surface area (Å²) in [6.45, 7) is 5.08. The fourth-order valence-corrected chi connectivity index (χ4v) is 2.95. The number of carboxylic acids is 2. The highest BCUT2D eigenvalue weighted by Crippen LogP contribution is 2.35. The largest absolute Gasteiger partial charge is 0.478 e. The molecule has 0 spiro atoms. The van der Waals surface area contributed by atoms with E-state index < -0.39 is 11.9 Å². The van der Waals surface area contributed by atoms with Crippen molar-refractivity contribution in [2.75, 3.05) is 14.1 Å². The topological polar surface area (TPSA) is 135 Å². The minimum absolute atomic E-state index is 0.0855. The number of H-pyrrole nitrogens is 1. The molecule has 1 fully saturated rings. The molecule has 2 heterocycles. The summed E-state index contributed by atoms with van der Waals surface area (Å²) in [5.74, 6) is -2.13. The molecule has 0 unspecified atom stereocenters. The number of carboxylic acid groups (broad SMARTS) is 2. The average Bonchev–Trinajstić information content (AvgIpc) is 3.36. The summed E-state index contributed by atoms with van der Waals surface area (Å²) in [6.07, 6.45) is 5.35. The fraction of sp³-hybridized carbons (Fsp3) is 0.400. The van der Waals surface area contributed by atoms with Crippen LogP contribution in [0.3, 0.4) is 0 Å². The van der Waals surface area contributed by atoms with Crippen LogP contribution in [-0.4, -0.2) is 57.7 Å². The molecule has 29 heavy (non-hydrogen) atoms. The Morgan fingerprint density at radius 1 is 1.17 bits per heavy atom. The molecule has 1 saturated carbocycles. The fourth-order valence-electron chi connectivity index (χ4n) is 2.95. The number of carbonyl (C=O) groups is 3. The first-order valence-corrected chi connectivity index (χ1v) is 9.16. The molecule has 4 N–H and O–H groups in total. The summed E-state index contributed by atoms with van der Waals surface area (Å²) in [6, 6.07) is 0. The standard InChI is InChI=1S/C16H22N4O.C4H4O4/c1-9-13(8-20(3)4)10(2)17-14(9)7-12-15(11-5-6-11)18-19-16(12)21;5-3(6)1-2-4(7)8/h7,11,17H,5-6,8H2,1-4H3,(H,19,21);1-2H,(H,5,6)(H,7,8)/b12-7+;2-1-. The van der Waals surface area contributed by atoms with Gasteiger partial charge in [0.2, 0.25) is 0 Å². The zero-order chi connectivity index (χ0) is 21.7. The van der Waals surface area contributed by atoms with Crippen LogP contribution in [0.15, 0.2) is 22.8 Å². The Hall–Kier alpha value is -3.20. The lowest BCUT2D eigenvalue weighted by Crippen LogP contribution is -2.14. The summed E-state index contributed by atoms with van der Waals surface area (Å²) < 4.78 is 0. The molecule has 1 amide bonds. The second kappa shape index (κ2) is 9.33. The van der Waals surface area contributed by atoms with Gasteiger partial charge in [-0.25, -0.2) is 15.0 Å². The lowest BCUT2D eigenvalue weighted by molar-refractivity contribution is -0.134. The monoisotopic (exact) mass is 402 g/mol. The van der Waals surface area contributed by atoms with Crippen molar-refractivity contribution in [3.8, 4) is 0 Å². The van der Waals surface area contributed by atoms with Crippen LogP contribution in [0.1, 0.15) is 35.4 Å². The van der Waals surface area contributed by atoms with Crippen molar-refractivity contribution >= 4 is 29.6 Å². The van der Waals surface area contributed by atoms with Gasteiger partial charge in [0.25, 0.3) is 5.91 Å². The van der Waals surface area contributed by atoms with Gasteiger partial charge >= 0.3 is 11.9 Å². The number of aryl methyl sites for hydroxylation is 1. The number of hydrogen-bond donors (Lipinski definition) is 4. The van der Waals surface area contributed by atoms with Gasteiger partial charge in [-0.15, -0.1) is 0 Å². The Balaban J connectivity index is 0.000000321. The maximum atomic E-state index is 12.0. The Kier molecular flexibility index (Phi) is 7.11. The summed E-state index contributed by atoms with van der Waals surface area (Å²) in [7, 11) is 4.12. The highest BCUT2D eigenvalue weighted by atomic mass is 16.4. The molecule has 3 rings (SSSR count). The van der Waals surface area contributed by atoms with Gasteiger partial charge in [-0.1, -0.05) is 0 Å². The minimum atomic E-state index is -1.26. The summed E-state index contributed by atoms with van der Waals surface area (Å²) >= 11 is 0. The van der Waals surface area contributed by atoms with E-state index in [4.69, 9.17) is 10.2 Å². The van der Waals surface area contributed by atoms with Crippen molar-refractivity contribution in [1.29, 1.82) is 0 Å². The van der Waals surface area contributed by atoms with Crippen LogP contribution in [0.5, 0.6) is 0 Å². The maximum Gasteiger partial charge on any atom is 0.328 e. The summed E-state index contributed by atoms with van der Waals surface area (Å²) in [5.41, 5.74) is 8.94. The molecule has 1 aliphatic carbocycles. The first kappa shape index (κ1) is 22.1. The highest BCUT2D eigenvalue weighted by molar-refractivity contribution is 6.28. The molecule has 2 aliphatic rings. The van der Waals surface area contributed by atoms with Crippen molar-refractivity contribution < 1.29 is 24.6 Å². The normalized spacial score (nSPS) is 17.3. The van der Waals surface area contributed by atoms with Gasteiger partial charge in [-0.2, -0.15) is 5.10 Å². The zero-order valence-electron chi connectivity index (χ0n) is 16.9. The number of amides is 1. The number of nitrogens with one attached hydrogen (secondary N) is 2. The third kappa shape index (κ3) is 6.15. The summed E-state index contributed by atoms with van der Waals surface area (Å²) in [4.78, 5) is 36.7. The van der Waals surface area contributed by atoms with E-state index in [1.807, 2.05) is 6.08 Å². The molecule has 1 aromatic rings. The van der Waals surface area contributed by atoms with E-state index in [0.29, 0.717) is 18.1 Å². The molecule has 0 radical (unpaired) electrons. The van der Waals surface area contributed by atoms with Gasteiger partial charge in [0, 0.05) is 36.0 Å². The van der Waals surface area contributed by atoms with Crippen LogP contribution in [0.25, 0.3) is 6.08 Å². The van der Waals surface area contributed by atoms with Gasteiger partial charge in [-0.3, -0.25) is 4.79 Å². The van der Waals surface area contributed by atoms with Crippen LogP contribution in [0.4, 0.5) is 0 Å². The number of hydrazone groups is 1. The lowest BCUT2D eigenvalue weighted by atomic mass is 10.0. The van der Waals surface area contributed by atoms with Gasteiger partial charge in [0.1, 0.15) is 0 Å². The number of aliphatic carboxylic acids is 2. The molecule has 0 aromatic carbocycles. The molecule has 0 bridgehead atoms. The Morgan fingerprint density at radius 3 is 2.24 bits per heavy atom. The highest BCUT2D eigenvalue weighted by Gasteiger charge is 2.36. The average molecular weight is 402 g/mol. The van der Waals surface area contributed by atoms with Crippen molar-refractivity contribution in [3.05, 3.63) is 40.2 Å². The van der Waals surface area contributed by atoms with E-state index in [9.17, 15) is 14.4 Å². The smallest absolute Gasteiger partial charge is 0.328 e. The molecule has 0 atom stereocenters. The van der Waals surface area contributed by atoms with Gasteiger partial charge in [0.15, 0.2) is 0 Å². The first-order valence-electron chi connectivity index (χ1n) is 9.16. The predicted octanol–water partition coefficient (Wildman–Crippen LogP) is 1.68. The van der Waals surface area contributed by atoms with E-state index in [2.05, 4.69) is 48.4 Å². The molecule has 9 heteroatoms. The number of aromatic amines is 1. The third-order valence-corrected chi connectivity index (χ3v) is 4.53. The second-order valence-corrected chi connectivity index (χ2v) is 7.29. The molecular weight excluding hydrogens is 376 g/mol. The minimum Gasteiger partial charge on any atom is -0.478 e. The Morgan fingerprint density at radius 2 is 1.76 bits per heavy atom. The lowest BCUT2D eigenvalue weighted by Gasteiger charge is -2.10. The molecule has 1 aromatic heterocycles. The van der Waals surface area contributed by atoms with E-state index in [-0.39, 0.29) is 5.91 Å². The van der Waals surface area contributed by atoms with Gasteiger partial charge < -0.3 is 20.1 Å². The first-order chi connectivity index (χ1) is 13.6. The van der Waals surface area contributed by atoms with Crippen LogP contribution in [0.2, 0.25) is 0 Å². The predicted molar refractivity (Wildman–Crippen MR) is 108 cm³/mol. The van der Waals surface area contributed by atoms with E-state index in [1.165, 1.54) is 11.1 Å². The second-order valence-electron chi connectivity index (χ2n) is 7.29. The molecule has 156 valence electrons. The van der Waals surface area contributed by atoms with Crippen molar-refractivity contribution in [2.24, 2.45) is 11.0 Å². The maximum absolute atomic E-state index is 12.0. The zero-order valence-corrected chi connectivity index (χ0v) is 16.9. The quantitative estimate of drug-likeness (QED) is 0.535. The molecule has 9 nitrogen and oxygen atoms in total. The van der Waals surface area contributed by atoms with E-state index in [1.54, 1.807) is 0 Å². The van der Waals surface area contributed by atoms with Gasteiger partial charge in [-0.05, 0) is 58.0 Å². The molecule has 1 aliphatic heterocycles. The van der Waals surface area contributed by atoms with Crippen LogP contribution in [-0.2, 0) is 20.9 Å². The van der Waals surface area contributed by atoms with Crippen LogP contribution >= 0.6 is 0 Å². The Bertz CT molecular complexity index is 888. The van der Waals surface area contributed by atoms with E-state index in [0.717, 1.165) is 42.1 Å². The summed E-state index contributed by atoms with van der Waals surface area (Å²) in [5, 5.41) is 19.8.